The molecule has 0 radical (unpaired) electrons. The van der Waals surface area contributed by atoms with Gasteiger partial charge >= 0.3 is 18.1 Å². The Morgan fingerprint density at radius 1 is 0.957 bits per heavy atom. The minimum absolute atomic E-state index is 0.0216. The van der Waals surface area contributed by atoms with Crippen LogP contribution in [-0.2, 0) is 20.5 Å². The van der Waals surface area contributed by atoms with Crippen molar-refractivity contribution in [1.29, 1.82) is 0 Å². The number of carbonyl (C=O) groups is 2. The van der Waals surface area contributed by atoms with E-state index in [1.54, 1.807) is 0 Å². The number of hydrogen-bond donors (Lipinski definition) is 1. The van der Waals surface area contributed by atoms with E-state index in [9.17, 15) is 31.5 Å². The number of alkyl halides is 3. The van der Waals surface area contributed by atoms with Crippen LogP contribution in [0.3, 0.4) is 0 Å². The lowest BCUT2D eigenvalue weighted by atomic mass is 10.1. The van der Waals surface area contributed by atoms with Gasteiger partial charge in [0.15, 0.2) is 29.3 Å². The van der Waals surface area contributed by atoms with E-state index in [2.05, 4.69) is 25.0 Å². The normalized spacial score (nSPS) is 12.2. The SMILES string of the molecule is CCCOc1ccc(-c2ncc(C(C(=O)OCCC(=O)O)n3cc4nc(-c5cccc(F)c5F)nc-4cn3)cn2)c(C(F)(F)F)c1. The molecule has 1 unspecified atom stereocenters. The summed E-state index contributed by atoms with van der Waals surface area (Å²) in [5, 5.41) is 13.1. The zero-order valence-corrected chi connectivity index (χ0v) is 23.8. The van der Waals surface area contributed by atoms with E-state index >= 15 is 0 Å². The number of hydrogen-bond acceptors (Lipinski definition) is 9. The Balaban J connectivity index is 1.52. The zero-order chi connectivity index (χ0) is 33.0. The largest absolute Gasteiger partial charge is 0.494 e. The number of benzene rings is 2. The molecular formula is C30H23F5N6O5. The number of imidazole rings is 1. The molecule has 0 amide bonds. The van der Waals surface area contributed by atoms with Gasteiger partial charge in [0, 0.05) is 23.5 Å². The number of ether oxygens (including phenoxy) is 2. The Kier molecular flexibility index (Phi) is 9.16. The Hall–Kier alpha value is -5.54. The fraction of sp³-hybridized carbons (Fsp3) is 0.233. The molecule has 1 aromatic heterocycles. The number of carboxylic acids is 1. The minimum atomic E-state index is -4.76. The smallest absolute Gasteiger partial charge is 0.417 e. The van der Waals surface area contributed by atoms with Crippen molar-refractivity contribution in [3.63, 3.8) is 0 Å². The summed E-state index contributed by atoms with van der Waals surface area (Å²) in [5.74, 6) is -4.89. The highest BCUT2D eigenvalue weighted by atomic mass is 19.4. The van der Waals surface area contributed by atoms with Crippen LogP contribution in [0.2, 0.25) is 0 Å². The molecule has 2 aliphatic rings. The van der Waals surface area contributed by atoms with E-state index in [-0.39, 0.29) is 52.1 Å². The van der Waals surface area contributed by atoms with Crippen LogP contribution in [0.25, 0.3) is 34.2 Å². The van der Waals surface area contributed by atoms with Crippen molar-refractivity contribution in [3.8, 4) is 39.9 Å². The van der Waals surface area contributed by atoms with Gasteiger partial charge in [0.25, 0.3) is 0 Å². The van der Waals surface area contributed by atoms with Crippen LogP contribution >= 0.6 is 0 Å². The summed E-state index contributed by atoms with van der Waals surface area (Å²) < 4.78 is 81.6. The molecule has 0 bridgehead atoms. The lowest BCUT2D eigenvalue weighted by molar-refractivity contribution is -0.149. The Morgan fingerprint density at radius 3 is 2.39 bits per heavy atom. The third-order valence-electron chi connectivity index (χ3n) is 6.52. The number of carbonyl (C=O) groups excluding carboxylic acids is 1. The molecule has 1 N–H and O–H groups in total. The molecule has 46 heavy (non-hydrogen) atoms. The number of carboxylic acid groups (broad SMARTS) is 1. The first-order valence-electron chi connectivity index (χ1n) is 13.7. The highest BCUT2D eigenvalue weighted by molar-refractivity contribution is 5.78. The van der Waals surface area contributed by atoms with Crippen molar-refractivity contribution >= 4 is 11.9 Å². The number of rotatable bonds is 11. The average Bonchev–Trinajstić information content (AvgIpc) is 3.44. The van der Waals surface area contributed by atoms with Gasteiger partial charge in [0.05, 0.1) is 36.5 Å². The van der Waals surface area contributed by atoms with Gasteiger partial charge in [-0.1, -0.05) is 13.0 Å². The van der Waals surface area contributed by atoms with E-state index in [0.29, 0.717) is 6.42 Å². The highest BCUT2D eigenvalue weighted by Gasteiger charge is 2.35. The van der Waals surface area contributed by atoms with Gasteiger partial charge in [-0.05, 0) is 36.8 Å². The Bertz CT molecular complexity index is 1850. The monoisotopic (exact) mass is 642 g/mol. The van der Waals surface area contributed by atoms with Crippen LogP contribution in [0.15, 0.2) is 61.2 Å². The van der Waals surface area contributed by atoms with Crippen molar-refractivity contribution in [1.82, 2.24) is 29.7 Å². The quantitative estimate of drug-likeness (QED) is 0.143. The van der Waals surface area contributed by atoms with Gasteiger partial charge in [-0.15, -0.1) is 0 Å². The first-order valence-corrected chi connectivity index (χ1v) is 13.7. The summed E-state index contributed by atoms with van der Waals surface area (Å²) in [4.78, 5) is 40.7. The fourth-order valence-corrected chi connectivity index (χ4v) is 4.37. The maximum Gasteiger partial charge on any atom is 0.417 e. The van der Waals surface area contributed by atoms with Gasteiger partial charge in [-0.2, -0.15) is 18.3 Å². The summed E-state index contributed by atoms with van der Waals surface area (Å²) in [6.07, 6.45) is 0.0118. The van der Waals surface area contributed by atoms with Gasteiger partial charge in [-0.25, -0.2) is 33.5 Å². The molecule has 5 rings (SSSR count). The van der Waals surface area contributed by atoms with Crippen LogP contribution in [0.4, 0.5) is 22.0 Å². The minimum Gasteiger partial charge on any atom is -0.494 e. The molecule has 0 spiro atoms. The molecule has 2 aromatic carbocycles. The third-order valence-corrected chi connectivity index (χ3v) is 6.52. The standard InChI is InChI=1S/C30H23F5N6O5/c1-2-9-45-17-6-7-18(20(11-17)30(33,34)35)27-36-12-16(13-37-27)26(29(44)46-10-8-24(42)43)41-15-23-22(14-38-41)39-28(40-23)19-4-3-5-21(31)25(19)32/h3-7,11-15,26H,2,8-10H2,1H3,(H,42,43). The van der Waals surface area contributed by atoms with Crippen LogP contribution < -0.4 is 4.74 Å². The van der Waals surface area contributed by atoms with Crippen LogP contribution in [0.5, 0.6) is 5.75 Å². The second kappa shape index (κ2) is 13.2. The van der Waals surface area contributed by atoms with Crippen molar-refractivity contribution in [2.45, 2.75) is 32.0 Å². The first-order chi connectivity index (χ1) is 22.0. The molecule has 3 aromatic rings. The molecule has 0 fully saturated rings. The van der Waals surface area contributed by atoms with Gasteiger partial charge in [0.2, 0.25) is 0 Å². The average molecular weight is 643 g/mol. The van der Waals surface area contributed by atoms with Crippen molar-refractivity contribution < 1.29 is 46.1 Å². The molecule has 16 heteroatoms. The Labute approximate surface area is 257 Å². The highest BCUT2D eigenvalue weighted by Crippen LogP contribution is 2.38. The molecule has 238 valence electrons. The Morgan fingerprint density at radius 2 is 1.70 bits per heavy atom. The summed E-state index contributed by atoms with van der Waals surface area (Å²) in [7, 11) is 0. The summed E-state index contributed by atoms with van der Waals surface area (Å²) in [6, 6.07) is 5.44. The second-order valence-electron chi connectivity index (χ2n) is 9.78. The van der Waals surface area contributed by atoms with Crippen molar-refractivity contribution in [3.05, 3.63) is 83.9 Å². The topological polar surface area (TPSA) is 142 Å². The molecule has 3 heterocycles. The molecule has 0 saturated heterocycles. The van der Waals surface area contributed by atoms with Gasteiger partial charge < -0.3 is 14.6 Å². The number of nitrogens with zero attached hydrogens (tertiary/aromatic N) is 6. The van der Waals surface area contributed by atoms with Gasteiger partial charge in [-0.3, -0.25) is 9.48 Å². The van der Waals surface area contributed by atoms with E-state index < -0.39 is 54.4 Å². The summed E-state index contributed by atoms with van der Waals surface area (Å²) in [5.41, 5.74) is -1.26. The molecular weight excluding hydrogens is 619 g/mol. The number of fused-ring (bicyclic) bond motifs is 1. The number of halogens is 5. The molecule has 11 nitrogen and oxygen atoms in total. The van der Waals surface area contributed by atoms with E-state index in [4.69, 9.17) is 14.6 Å². The number of esters is 1. The predicted octanol–water partition coefficient (Wildman–Crippen LogP) is 5.60. The number of aliphatic carboxylic acids is 1. The van der Waals surface area contributed by atoms with E-state index in [1.807, 2.05) is 6.92 Å². The van der Waals surface area contributed by atoms with Gasteiger partial charge in [0.1, 0.15) is 23.7 Å². The molecule has 1 atom stereocenters. The van der Waals surface area contributed by atoms with Crippen molar-refractivity contribution in [2.24, 2.45) is 0 Å². The van der Waals surface area contributed by atoms with Crippen molar-refractivity contribution in [2.75, 3.05) is 13.2 Å². The summed E-state index contributed by atoms with van der Waals surface area (Å²) >= 11 is 0. The predicted molar refractivity (Wildman–Crippen MR) is 149 cm³/mol. The van der Waals surface area contributed by atoms with E-state index in [0.717, 1.165) is 29.2 Å². The van der Waals surface area contributed by atoms with Crippen LogP contribution in [-0.4, -0.2) is 60.0 Å². The first kappa shape index (κ1) is 31.9. The molecule has 0 aliphatic carbocycles. The van der Waals surface area contributed by atoms with Crippen LogP contribution in [0, 0.1) is 11.6 Å². The third kappa shape index (κ3) is 6.90. The molecule has 0 saturated carbocycles. The maximum atomic E-state index is 14.4. The zero-order valence-electron chi connectivity index (χ0n) is 23.8. The maximum absolute atomic E-state index is 14.4. The lowest BCUT2D eigenvalue weighted by Gasteiger charge is -2.19. The second-order valence-corrected chi connectivity index (χ2v) is 9.78. The fourth-order valence-electron chi connectivity index (χ4n) is 4.37. The summed E-state index contributed by atoms with van der Waals surface area (Å²) in [6.45, 7) is 1.55. The number of aromatic nitrogens is 6. The van der Waals surface area contributed by atoms with E-state index in [1.165, 1.54) is 36.7 Å². The van der Waals surface area contributed by atoms with Crippen LogP contribution in [0.1, 0.15) is 36.9 Å². The lowest BCUT2D eigenvalue weighted by Crippen LogP contribution is -2.26. The molecule has 2 aliphatic heterocycles.